The lowest BCUT2D eigenvalue weighted by Gasteiger charge is -2.41. The first-order chi connectivity index (χ1) is 18.0. The number of aliphatic imine (C=N–C) groups is 1. The van der Waals surface area contributed by atoms with Crippen LogP contribution in [0.1, 0.15) is 24.4 Å². The van der Waals surface area contributed by atoms with E-state index in [2.05, 4.69) is 15.2 Å². The maximum absolute atomic E-state index is 15.6. The van der Waals surface area contributed by atoms with Crippen molar-refractivity contribution in [2.75, 3.05) is 43.5 Å². The second-order valence-corrected chi connectivity index (χ2v) is 9.48. The smallest absolute Gasteiger partial charge is 0.326 e. The van der Waals surface area contributed by atoms with Crippen LogP contribution in [-0.4, -0.2) is 61.2 Å². The van der Waals surface area contributed by atoms with Gasteiger partial charge in [0.05, 0.1) is 36.8 Å². The minimum atomic E-state index is -0.543. The van der Waals surface area contributed by atoms with E-state index in [1.807, 2.05) is 6.07 Å². The van der Waals surface area contributed by atoms with Crippen LogP contribution in [0, 0.1) is 5.82 Å². The van der Waals surface area contributed by atoms with Crippen LogP contribution in [0.15, 0.2) is 64.8 Å². The summed E-state index contributed by atoms with van der Waals surface area (Å²) in [7, 11) is 1.50. The summed E-state index contributed by atoms with van der Waals surface area (Å²) in [4.78, 5) is 34.6. The van der Waals surface area contributed by atoms with Crippen LogP contribution in [0.4, 0.5) is 26.2 Å². The topological polar surface area (TPSA) is 77.5 Å². The molecule has 3 aliphatic rings. The molecule has 0 aliphatic carbocycles. The number of carbonyl (C=O) groups excluding carboxylic acids is 2. The van der Waals surface area contributed by atoms with Crippen LogP contribution >= 0.6 is 11.6 Å². The van der Waals surface area contributed by atoms with Crippen molar-refractivity contribution in [1.29, 1.82) is 0 Å². The van der Waals surface area contributed by atoms with E-state index in [-0.39, 0.29) is 24.0 Å². The van der Waals surface area contributed by atoms with Crippen molar-refractivity contribution < 1.29 is 18.7 Å². The summed E-state index contributed by atoms with van der Waals surface area (Å²) in [6.07, 6.45) is 7.51. The minimum Gasteiger partial charge on any atom is -0.497 e. The Bertz CT molecular complexity index is 1310. The van der Waals surface area contributed by atoms with E-state index in [9.17, 15) is 9.59 Å². The molecular formula is C27H27ClFN5O3. The van der Waals surface area contributed by atoms with Crippen LogP contribution in [0.5, 0.6) is 5.75 Å². The molecule has 1 saturated heterocycles. The second-order valence-electron chi connectivity index (χ2n) is 9.00. The first-order valence-corrected chi connectivity index (χ1v) is 12.5. The molecule has 1 fully saturated rings. The van der Waals surface area contributed by atoms with E-state index in [4.69, 9.17) is 16.3 Å². The third kappa shape index (κ3) is 5.10. The normalized spacial score (nSPS) is 17.6. The molecule has 37 heavy (non-hydrogen) atoms. The van der Waals surface area contributed by atoms with Crippen LogP contribution < -0.4 is 15.0 Å². The highest BCUT2D eigenvalue weighted by Crippen LogP contribution is 2.38. The van der Waals surface area contributed by atoms with Crippen LogP contribution in [0.3, 0.4) is 0 Å². The molecule has 3 aliphatic heterocycles. The van der Waals surface area contributed by atoms with Gasteiger partial charge in [-0.3, -0.25) is 24.5 Å². The number of likely N-dealkylation sites (tertiary alicyclic amines) is 1. The first-order valence-electron chi connectivity index (χ1n) is 12.1. The predicted molar refractivity (Wildman–Crippen MR) is 142 cm³/mol. The summed E-state index contributed by atoms with van der Waals surface area (Å²) >= 11 is 6.07. The van der Waals surface area contributed by atoms with Crippen molar-refractivity contribution in [1.82, 2.24) is 9.80 Å². The quantitative estimate of drug-likeness (QED) is 0.482. The molecule has 1 N–H and O–H groups in total. The van der Waals surface area contributed by atoms with E-state index in [1.54, 1.807) is 42.6 Å². The number of nitrogens with zero attached hydrogens (tertiary/aromatic N) is 4. The molecule has 1 atom stereocenters. The first kappa shape index (κ1) is 25.0. The molecular weight excluding hydrogens is 497 g/mol. The number of hydrogen-bond donors (Lipinski definition) is 1. The Kier molecular flexibility index (Phi) is 7.25. The lowest BCUT2D eigenvalue weighted by Crippen LogP contribution is -2.45. The number of carbonyl (C=O) groups is 2. The van der Waals surface area contributed by atoms with Gasteiger partial charge in [0.1, 0.15) is 11.6 Å². The number of rotatable bonds is 8. The molecule has 5 rings (SSSR count). The summed E-state index contributed by atoms with van der Waals surface area (Å²) in [6, 6.07) is 9.23. The summed E-state index contributed by atoms with van der Waals surface area (Å²) in [5.41, 5.74) is 2.53. The lowest BCUT2D eigenvalue weighted by atomic mass is 9.92. The average molecular weight is 524 g/mol. The molecule has 8 nitrogen and oxygen atoms in total. The van der Waals surface area contributed by atoms with Crippen LogP contribution in [0.25, 0.3) is 0 Å². The van der Waals surface area contributed by atoms with E-state index in [1.165, 1.54) is 23.0 Å². The van der Waals surface area contributed by atoms with E-state index >= 15 is 4.39 Å². The summed E-state index contributed by atoms with van der Waals surface area (Å²) in [6.45, 7) is 2.92. The van der Waals surface area contributed by atoms with Gasteiger partial charge >= 0.3 is 6.03 Å². The maximum atomic E-state index is 15.6. The second kappa shape index (κ2) is 10.7. The van der Waals surface area contributed by atoms with Gasteiger partial charge in [-0.1, -0.05) is 17.7 Å². The fourth-order valence-corrected chi connectivity index (χ4v) is 4.81. The number of ether oxygens (including phenoxy) is 1. The molecule has 2 aromatic carbocycles. The number of amides is 3. The Morgan fingerprint density at radius 1 is 1.24 bits per heavy atom. The zero-order valence-corrected chi connectivity index (χ0v) is 21.1. The monoisotopic (exact) mass is 523 g/mol. The standard InChI is InChI=1S/C27H27ClFN5O3/c1-37-20-6-8-25(23(15-20)31-27(36)33-11-2-4-19(28)16-33)34(17-35)24-7-5-18(14-21(24)29)26(22-9-10-30-22)32-12-3-13-32/h2,4-8,11,14-15,17,26H,3,9-10,12-13,16H2,1H3,(H,31,36). The molecule has 0 radical (unpaired) electrons. The molecule has 192 valence electrons. The number of hydrogen-bond acceptors (Lipinski definition) is 5. The van der Waals surface area contributed by atoms with Gasteiger partial charge in [-0.05, 0) is 48.4 Å². The third-order valence-electron chi connectivity index (χ3n) is 6.74. The van der Waals surface area contributed by atoms with Gasteiger partial charge in [0.2, 0.25) is 6.41 Å². The molecule has 0 spiro atoms. The van der Waals surface area contributed by atoms with Gasteiger partial charge in [-0.15, -0.1) is 0 Å². The minimum absolute atomic E-state index is 0.0370. The molecule has 0 aromatic heterocycles. The van der Waals surface area contributed by atoms with Gasteiger partial charge < -0.3 is 10.1 Å². The SMILES string of the molecule is COc1ccc(N(C=O)c2ccc(C(C3=NCC3)N3CCC3)cc2F)c(NC(=O)N2C=CC=C(Cl)C2)c1. The Morgan fingerprint density at radius 3 is 2.62 bits per heavy atom. The highest BCUT2D eigenvalue weighted by atomic mass is 35.5. The van der Waals surface area contributed by atoms with Gasteiger partial charge in [0, 0.05) is 49.1 Å². The molecule has 0 saturated carbocycles. The summed E-state index contributed by atoms with van der Waals surface area (Å²) in [5.74, 6) is -0.0782. The number of halogens is 2. The largest absolute Gasteiger partial charge is 0.497 e. The summed E-state index contributed by atoms with van der Waals surface area (Å²) in [5, 5.41) is 3.30. The fourth-order valence-electron chi connectivity index (χ4n) is 4.61. The number of anilines is 3. The fraction of sp³-hybridized carbons (Fsp3) is 0.296. The Hall–Kier alpha value is -3.69. The van der Waals surface area contributed by atoms with Crippen molar-refractivity contribution in [2.45, 2.75) is 18.9 Å². The highest BCUT2D eigenvalue weighted by molar-refractivity contribution is 6.30. The third-order valence-corrected chi connectivity index (χ3v) is 6.98. The van der Waals surface area contributed by atoms with Crippen LogP contribution in [-0.2, 0) is 4.79 Å². The Morgan fingerprint density at radius 2 is 2.03 bits per heavy atom. The van der Waals surface area contributed by atoms with E-state index in [0.717, 1.165) is 43.8 Å². The van der Waals surface area contributed by atoms with Crippen LogP contribution in [0.2, 0.25) is 0 Å². The van der Waals surface area contributed by atoms with Gasteiger partial charge in [-0.25, -0.2) is 9.18 Å². The Labute approximate surface area is 219 Å². The van der Waals surface area contributed by atoms with Gasteiger partial charge in [0.25, 0.3) is 0 Å². The molecule has 10 heteroatoms. The number of nitrogens with one attached hydrogen (secondary N) is 1. The zero-order chi connectivity index (χ0) is 25.9. The molecule has 2 aromatic rings. The van der Waals surface area contributed by atoms with Gasteiger partial charge in [0.15, 0.2) is 0 Å². The number of benzene rings is 2. The van der Waals surface area contributed by atoms with E-state index < -0.39 is 11.8 Å². The number of urea groups is 1. The predicted octanol–water partition coefficient (Wildman–Crippen LogP) is 5.20. The van der Waals surface area contributed by atoms with Crippen molar-refractivity contribution in [3.05, 3.63) is 71.2 Å². The molecule has 0 bridgehead atoms. The molecule has 3 heterocycles. The van der Waals surface area contributed by atoms with E-state index in [0.29, 0.717) is 22.9 Å². The highest BCUT2D eigenvalue weighted by Gasteiger charge is 2.32. The number of allylic oxidation sites excluding steroid dienone is 2. The number of methoxy groups -OCH3 is 1. The maximum Gasteiger partial charge on any atom is 0.326 e. The lowest BCUT2D eigenvalue weighted by molar-refractivity contribution is -0.106. The Balaban J connectivity index is 1.45. The van der Waals surface area contributed by atoms with Crippen molar-refractivity contribution >= 4 is 46.8 Å². The molecule has 3 amide bonds. The van der Waals surface area contributed by atoms with Crippen molar-refractivity contribution in [3.63, 3.8) is 0 Å². The zero-order valence-electron chi connectivity index (χ0n) is 20.4. The van der Waals surface area contributed by atoms with Gasteiger partial charge in [-0.2, -0.15) is 0 Å². The van der Waals surface area contributed by atoms with Crippen molar-refractivity contribution in [3.8, 4) is 5.75 Å². The summed E-state index contributed by atoms with van der Waals surface area (Å²) < 4.78 is 20.9. The van der Waals surface area contributed by atoms with Crippen molar-refractivity contribution in [2.24, 2.45) is 4.99 Å². The molecule has 1 unspecified atom stereocenters. The average Bonchev–Trinajstić information content (AvgIpc) is 2.83.